The second-order valence-electron chi connectivity index (χ2n) is 5.84. The fourth-order valence-corrected chi connectivity index (χ4v) is 3.67. The maximum atomic E-state index is 12.7. The lowest BCUT2D eigenvalue weighted by atomic mass is 10.2. The second kappa shape index (κ2) is 8.18. The van der Waals surface area contributed by atoms with Crippen LogP contribution in [0, 0.1) is 0 Å². The van der Waals surface area contributed by atoms with Gasteiger partial charge in [0.1, 0.15) is 0 Å². The first kappa shape index (κ1) is 19.5. The van der Waals surface area contributed by atoms with Crippen molar-refractivity contribution in [1.29, 1.82) is 0 Å². The summed E-state index contributed by atoms with van der Waals surface area (Å²) in [5, 5.41) is 19.4. The van der Waals surface area contributed by atoms with E-state index in [4.69, 9.17) is 9.84 Å². The molecule has 0 aliphatic carbocycles. The number of phenols is 1. The number of rotatable bonds is 5. The molecule has 0 saturated carbocycles. The highest BCUT2D eigenvalue weighted by Crippen LogP contribution is 2.35. The average Bonchev–Trinajstić information content (AvgIpc) is 2.96. The first-order chi connectivity index (χ1) is 13.4. The van der Waals surface area contributed by atoms with Crippen molar-refractivity contribution >= 4 is 40.6 Å². The van der Waals surface area contributed by atoms with Crippen LogP contribution in [0.3, 0.4) is 0 Å². The first-order valence-electron chi connectivity index (χ1n) is 8.43. The number of amidine groups is 1. The van der Waals surface area contributed by atoms with E-state index in [-0.39, 0.29) is 17.2 Å². The first-order valence-corrected chi connectivity index (χ1v) is 9.25. The Morgan fingerprint density at radius 2 is 1.96 bits per heavy atom. The molecule has 2 N–H and O–H groups in total. The van der Waals surface area contributed by atoms with Crippen molar-refractivity contribution in [2.45, 2.75) is 6.92 Å². The summed E-state index contributed by atoms with van der Waals surface area (Å²) < 4.78 is 5.03. The quantitative estimate of drug-likeness (QED) is 0.745. The molecule has 28 heavy (non-hydrogen) atoms. The topological polar surface area (TPSA) is 99.4 Å². The van der Waals surface area contributed by atoms with E-state index in [2.05, 4.69) is 4.99 Å². The van der Waals surface area contributed by atoms with Crippen LogP contribution in [-0.2, 0) is 4.79 Å². The minimum atomic E-state index is -1.01. The summed E-state index contributed by atoms with van der Waals surface area (Å²) in [6, 6.07) is 11.0. The van der Waals surface area contributed by atoms with Gasteiger partial charge in [-0.25, -0.2) is 9.79 Å². The number of ether oxygens (including phenoxy) is 1. The summed E-state index contributed by atoms with van der Waals surface area (Å²) in [6.07, 6.45) is 1.69. The van der Waals surface area contributed by atoms with Gasteiger partial charge in [-0.3, -0.25) is 9.69 Å². The predicted molar refractivity (Wildman–Crippen MR) is 108 cm³/mol. The van der Waals surface area contributed by atoms with E-state index < -0.39 is 5.97 Å². The van der Waals surface area contributed by atoms with Crippen molar-refractivity contribution in [1.82, 2.24) is 4.90 Å². The van der Waals surface area contributed by atoms with Gasteiger partial charge in [-0.2, -0.15) is 0 Å². The van der Waals surface area contributed by atoms with E-state index in [9.17, 15) is 14.7 Å². The molecule has 0 radical (unpaired) electrons. The molecule has 1 saturated heterocycles. The molecule has 0 bridgehead atoms. The summed E-state index contributed by atoms with van der Waals surface area (Å²) in [5.74, 6) is -0.835. The van der Waals surface area contributed by atoms with Crippen molar-refractivity contribution < 1.29 is 24.5 Å². The molecule has 1 heterocycles. The molecule has 0 spiro atoms. The molecular weight excluding hydrogens is 380 g/mol. The Hall–Kier alpha value is -3.26. The van der Waals surface area contributed by atoms with E-state index in [0.29, 0.717) is 33.6 Å². The number of thioether (sulfide) groups is 1. The Morgan fingerprint density at radius 1 is 1.25 bits per heavy atom. The Kier molecular flexibility index (Phi) is 5.70. The SMILES string of the molecule is CCN1C(=O)C(=Cc2ccc(OC)c(O)c2)SC1=Nc1ccc(C(=O)O)cc1. The Balaban J connectivity index is 1.89. The molecule has 2 aromatic rings. The molecule has 1 aliphatic rings. The lowest BCUT2D eigenvalue weighted by molar-refractivity contribution is -0.122. The number of nitrogens with zero attached hydrogens (tertiary/aromatic N) is 2. The predicted octanol–water partition coefficient (Wildman–Crippen LogP) is 3.72. The number of aromatic carboxylic acids is 1. The normalized spacial score (nSPS) is 16.8. The molecular formula is C20H18N2O5S. The highest BCUT2D eigenvalue weighted by Gasteiger charge is 2.32. The van der Waals surface area contributed by atoms with Gasteiger partial charge >= 0.3 is 5.97 Å². The smallest absolute Gasteiger partial charge is 0.335 e. The number of carboxylic acids is 1. The largest absolute Gasteiger partial charge is 0.504 e. The summed E-state index contributed by atoms with van der Waals surface area (Å²) in [6.45, 7) is 2.30. The number of aromatic hydroxyl groups is 1. The zero-order valence-electron chi connectivity index (χ0n) is 15.2. The van der Waals surface area contributed by atoms with Crippen LogP contribution in [0.5, 0.6) is 11.5 Å². The fraction of sp³-hybridized carbons (Fsp3) is 0.150. The summed E-state index contributed by atoms with van der Waals surface area (Å²) in [7, 11) is 1.47. The maximum absolute atomic E-state index is 12.7. The Morgan fingerprint density at radius 3 is 2.54 bits per heavy atom. The average molecular weight is 398 g/mol. The number of methoxy groups -OCH3 is 1. The number of carbonyl (C=O) groups is 2. The molecule has 0 aromatic heterocycles. The number of carboxylic acid groups (broad SMARTS) is 1. The van der Waals surface area contributed by atoms with Crippen LogP contribution in [0.15, 0.2) is 52.4 Å². The summed E-state index contributed by atoms with van der Waals surface area (Å²) in [4.78, 5) is 30.1. The molecule has 2 aromatic carbocycles. The standard InChI is InChI=1S/C20H18N2O5S/c1-3-22-18(24)17(11-12-4-9-16(27-2)15(23)10-12)28-20(22)21-14-7-5-13(6-8-14)19(25)26/h4-11,23H,3H2,1-2H3,(H,25,26). The Labute approximate surface area is 166 Å². The molecule has 144 valence electrons. The number of hydrogen-bond acceptors (Lipinski definition) is 6. The molecule has 0 atom stereocenters. The van der Waals surface area contributed by atoms with Crippen LogP contribution >= 0.6 is 11.8 Å². The monoisotopic (exact) mass is 398 g/mol. The van der Waals surface area contributed by atoms with Crippen LogP contribution in [0.4, 0.5) is 5.69 Å². The number of amides is 1. The van der Waals surface area contributed by atoms with E-state index in [1.165, 1.54) is 37.1 Å². The molecule has 1 amide bonds. The van der Waals surface area contributed by atoms with E-state index in [0.717, 1.165) is 0 Å². The fourth-order valence-electron chi connectivity index (χ4n) is 2.61. The summed E-state index contributed by atoms with van der Waals surface area (Å²) in [5.41, 5.74) is 1.39. The minimum absolute atomic E-state index is 0.00736. The van der Waals surface area contributed by atoms with E-state index in [1.807, 2.05) is 6.92 Å². The summed E-state index contributed by atoms with van der Waals surface area (Å²) >= 11 is 1.23. The number of likely N-dealkylation sites (N-methyl/N-ethyl adjacent to an activating group) is 1. The van der Waals surface area contributed by atoms with Gasteiger partial charge in [0.25, 0.3) is 5.91 Å². The minimum Gasteiger partial charge on any atom is -0.504 e. The van der Waals surface area contributed by atoms with Gasteiger partial charge in [0.15, 0.2) is 16.7 Å². The van der Waals surface area contributed by atoms with Gasteiger partial charge in [0.05, 0.1) is 23.3 Å². The lowest BCUT2D eigenvalue weighted by Gasteiger charge is -2.12. The van der Waals surface area contributed by atoms with E-state index >= 15 is 0 Å². The van der Waals surface area contributed by atoms with Crippen LogP contribution < -0.4 is 4.74 Å². The number of hydrogen-bond donors (Lipinski definition) is 2. The lowest BCUT2D eigenvalue weighted by Crippen LogP contribution is -2.28. The van der Waals surface area contributed by atoms with Crippen LogP contribution in [-0.4, -0.2) is 45.8 Å². The van der Waals surface area contributed by atoms with Crippen LogP contribution in [0.1, 0.15) is 22.8 Å². The van der Waals surface area contributed by atoms with Gasteiger partial charge in [0, 0.05) is 6.54 Å². The zero-order valence-corrected chi connectivity index (χ0v) is 16.1. The van der Waals surface area contributed by atoms with Gasteiger partial charge in [-0.05, 0) is 66.7 Å². The molecule has 1 fully saturated rings. The third-order valence-corrected chi connectivity index (χ3v) is 5.05. The van der Waals surface area contributed by atoms with Crippen LogP contribution in [0.25, 0.3) is 6.08 Å². The maximum Gasteiger partial charge on any atom is 0.335 e. The zero-order chi connectivity index (χ0) is 20.3. The van der Waals surface area contributed by atoms with Crippen molar-refractivity contribution in [3.05, 3.63) is 58.5 Å². The highest BCUT2D eigenvalue weighted by atomic mass is 32.2. The third kappa shape index (κ3) is 4.01. The Bertz CT molecular complexity index is 983. The third-order valence-electron chi connectivity index (χ3n) is 4.04. The van der Waals surface area contributed by atoms with Crippen molar-refractivity contribution in [2.24, 2.45) is 4.99 Å². The molecule has 1 aliphatic heterocycles. The van der Waals surface area contributed by atoms with Gasteiger partial charge in [-0.15, -0.1) is 0 Å². The van der Waals surface area contributed by atoms with E-state index in [1.54, 1.807) is 35.2 Å². The van der Waals surface area contributed by atoms with Gasteiger partial charge < -0.3 is 14.9 Å². The van der Waals surface area contributed by atoms with Crippen molar-refractivity contribution in [3.63, 3.8) is 0 Å². The van der Waals surface area contributed by atoms with Gasteiger partial charge in [-0.1, -0.05) is 6.07 Å². The molecule has 7 nitrogen and oxygen atoms in total. The van der Waals surface area contributed by atoms with Crippen molar-refractivity contribution in [2.75, 3.05) is 13.7 Å². The number of carbonyl (C=O) groups excluding carboxylic acids is 1. The highest BCUT2D eigenvalue weighted by molar-refractivity contribution is 8.18. The van der Waals surface area contributed by atoms with Gasteiger partial charge in [0.2, 0.25) is 0 Å². The molecule has 3 rings (SSSR count). The second-order valence-corrected chi connectivity index (χ2v) is 6.85. The molecule has 8 heteroatoms. The van der Waals surface area contributed by atoms with Crippen molar-refractivity contribution in [3.8, 4) is 11.5 Å². The number of benzene rings is 2. The number of aliphatic imine (C=N–C) groups is 1. The molecule has 0 unspecified atom stereocenters. The van der Waals surface area contributed by atoms with Crippen LogP contribution in [0.2, 0.25) is 0 Å². The number of phenolic OH excluding ortho intramolecular Hbond substituents is 1.